The number of hydrogen-bond donors (Lipinski definition) is 1. The van der Waals surface area contributed by atoms with Crippen molar-refractivity contribution in [1.29, 1.82) is 0 Å². The highest BCUT2D eigenvalue weighted by Crippen LogP contribution is 2.27. The molecule has 88 valence electrons. The maximum Gasteiger partial charge on any atom is 0.135 e. The summed E-state index contributed by atoms with van der Waals surface area (Å²) in [5.41, 5.74) is 9.55. The minimum Gasteiger partial charge on any atom is -0.383 e. The molecule has 0 saturated heterocycles. The topological polar surface area (TPSA) is 64.7 Å². The van der Waals surface area contributed by atoms with E-state index in [1.54, 1.807) is 0 Å². The molecule has 3 rings (SSSR count). The summed E-state index contributed by atoms with van der Waals surface area (Å²) in [5, 5.41) is 1.08. The first-order chi connectivity index (χ1) is 8.75. The number of nitrogens with two attached hydrogens (primary N) is 1. The van der Waals surface area contributed by atoms with Crippen LogP contribution in [0.1, 0.15) is 5.69 Å². The van der Waals surface area contributed by atoms with Crippen LogP contribution in [0.15, 0.2) is 42.9 Å². The molecule has 0 saturated carbocycles. The van der Waals surface area contributed by atoms with Gasteiger partial charge in [0.25, 0.3) is 0 Å². The van der Waals surface area contributed by atoms with Gasteiger partial charge in [-0.25, -0.2) is 9.97 Å². The Morgan fingerprint density at radius 1 is 1.06 bits per heavy atom. The van der Waals surface area contributed by atoms with E-state index in [9.17, 15) is 0 Å². The van der Waals surface area contributed by atoms with Crippen molar-refractivity contribution in [1.82, 2.24) is 15.0 Å². The zero-order valence-electron chi connectivity index (χ0n) is 9.96. The van der Waals surface area contributed by atoms with Crippen molar-refractivity contribution in [2.45, 2.75) is 6.92 Å². The SMILES string of the molecule is Cc1ncnc(N)c1-c1cnc2ccccc2c1. The van der Waals surface area contributed by atoms with Crippen LogP contribution in [0, 0.1) is 6.92 Å². The van der Waals surface area contributed by atoms with E-state index in [4.69, 9.17) is 5.73 Å². The lowest BCUT2D eigenvalue weighted by molar-refractivity contribution is 1.11. The molecule has 0 spiro atoms. The molecule has 2 aromatic heterocycles. The minimum absolute atomic E-state index is 0.486. The van der Waals surface area contributed by atoms with Gasteiger partial charge in [-0.15, -0.1) is 0 Å². The third-order valence-corrected chi connectivity index (χ3v) is 2.95. The number of anilines is 1. The maximum atomic E-state index is 5.92. The first kappa shape index (κ1) is 10.7. The van der Waals surface area contributed by atoms with Crippen molar-refractivity contribution in [3.05, 3.63) is 48.5 Å². The average molecular weight is 236 g/mol. The van der Waals surface area contributed by atoms with Crippen molar-refractivity contribution in [2.75, 3.05) is 5.73 Å². The predicted octanol–water partition coefficient (Wildman–Crippen LogP) is 2.58. The van der Waals surface area contributed by atoms with Gasteiger partial charge in [-0.05, 0) is 19.1 Å². The van der Waals surface area contributed by atoms with Crippen LogP contribution in [0.2, 0.25) is 0 Å². The molecule has 0 unspecified atom stereocenters. The number of nitrogen functional groups attached to an aromatic ring is 1. The first-order valence-electron chi connectivity index (χ1n) is 5.68. The molecule has 0 bridgehead atoms. The molecule has 0 radical (unpaired) electrons. The first-order valence-corrected chi connectivity index (χ1v) is 5.68. The van der Waals surface area contributed by atoms with Gasteiger partial charge in [0.05, 0.1) is 11.2 Å². The maximum absolute atomic E-state index is 5.92. The second-order valence-corrected chi connectivity index (χ2v) is 4.14. The number of aryl methyl sites for hydroxylation is 1. The number of nitrogens with zero attached hydrogens (tertiary/aromatic N) is 3. The largest absolute Gasteiger partial charge is 0.383 e. The molecule has 1 aromatic carbocycles. The third kappa shape index (κ3) is 1.68. The normalized spacial score (nSPS) is 10.7. The fourth-order valence-electron chi connectivity index (χ4n) is 2.06. The number of fused-ring (bicyclic) bond motifs is 1. The van der Waals surface area contributed by atoms with E-state index in [0.29, 0.717) is 5.82 Å². The number of hydrogen-bond acceptors (Lipinski definition) is 4. The standard InChI is InChI=1S/C14H12N4/c1-9-13(14(15)18-8-17-9)11-6-10-4-2-3-5-12(10)16-7-11/h2-8H,1H3,(H2,15,17,18). The summed E-state index contributed by atoms with van der Waals surface area (Å²) < 4.78 is 0. The van der Waals surface area contributed by atoms with E-state index in [1.807, 2.05) is 37.4 Å². The Morgan fingerprint density at radius 2 is 1.89 bits per heavy atom. The van der Waals surface area contributed by atoms with Gasteiger partial charge in [0.1, 0.15) is 12.1 Å². The summed E-state index contributed by atoms with van der Waals surface area (Å²) in [4.78, 5) is 12.6. The Morgan fingerprint density at radius 3 is 2.72 bits per heavy atom. The van der Waals surface area contributed by atoms with Gasteiger partial charge < -0.3 is 5.73 Å². The fourth-order valence-corrected chi connectivity index (χ4v) is 2.06. The smallest absolute Gasteiger partial charge is 0.135 e. The molecule has 0 amide bonds. The monoisotopic (exact) mass is 236 g/mol. The summed E-state index contributed by atoms with van der Waals surface area (Å²) in [6.07, 6.45) is 3.28. The van der Waals surface area contributed by atoms with Crippen molar-refractivity contribution < 1.29 is 0 Å². The van der Waals surface area contributed by atoms with Gasteiger partial charge in [-0.3, -0.25) is 4.98 Å². The molecular weight excluding hydrogens is 224 g/mol. The molecule has 0 aliphatic heterocycles. The minimum atomic E-state index is 0.486. The Labute approximate surface area is 105 Å². The lowest BCUT2D eigenvalue weighted by Gasteiger charge is -2.08. The molecule has 0 fully saturated rings. The highest BCUT2D eigenvalue weighted by molar-refractivity contribution is 5.86. The summed E-state index contributed by atoms with van der Waals surface area (Å²) in [6.45, 7) is 1.92. The molecule has 4 nitrogen and oxygen atoms in total. The van der Waals surface area contributed by atoms with Gasteiger partial charge in [-0.1, -0.05) is 18.2 Å². The number of rotatable bonds is 1. The van der Waals surface area contributed by atoms with Crippen molar-refractivity contribution in [2.24, 2.45) is 0 Å². The second-order valence-electron chi connectivity index (χ2n) is 4.14. The van der Waals surface area contributed by atoms with E-state index < -0.39 is 0 Å². The van der Waals surface area contributed by atoms with E-state index in [0.717, 1.165) is 27.7 Å². The zero-order chi connectivity index (χ0) is 12.5. The van der Waals surface area contributed by atoms with E-state index in [-0.39, 0.29) is 0 Å². The molecule has 0 atom stereocenters. The lowest BCUT2D eigenvalue weighted by Crippen LogP contribution is -1.99. The molecule has 18 heavy (non-hydrogen) atoms. The Kier molecular flexibility index (Phi) is 2.41. The van der Waals surface area contributed by atoms with Gasteiger partial charge in [0, 0.05) is 22.7 Å². The van der Waals surface area contributed by atoms with Crippen LogP contribution in [0.3, 0.4) is 0 Å². The Bertz CT molecular complexity index is 702. The Hall–Kier alpha value is -2.49. The van der Waals surface area contributed by atoms with Crippen LogP contribution in [0.25, 0.3) is 22.0 Å². The van der Waals surface area contributed by atoms with Gasteiger partial charge >= 0.3 is 0 Å². The van der Waals surface area contributed by atoms with Gasteiger partial charge in [0.15, 0.2) is 0 Å². The molecule has 0 aliphatic rings. The van der Waals surface area contributed by atoms with Gasteiger partial charge in [0.2, 0.25) is 0 Å². The fraction of sp³-hybridized carbons (Fsp3) is 0.0714. The average Bonchev–Trinajstić information content (AvgIpc) is 2.38. The van der Waals surface area contributed by atoms with Crippen LogP contribution in [0.5, 0.6) is 0 Å². The van der Waals surface area contributed by atoms with Crippen molar-refractivity contribution in [3.8, 4) is 11.1 Å². The van der Waals surface area contributed by atoms with Crippen LogP contribution >= 0.6 is 0 Å². The van der Waals surface area contributed by atoms with E-state index >= 15 is 0 Å². The lowest BCUT2D eigenvalue weighted by atomic mass is 10.0. The number of para-hydroxylation sites is 1. The number of aromatic nitrogens is 3. The zero-order valence-corrected chi connectivity index (χ0v) is 9.96. The van der Waals surface area contributed by atoms with Crippen LogP contribution in [-0.4, -0.2) is 15.0 Å². The number of benzene rings is 1. The highest BCUT2D eigenvalue weighted by atomic mass is 14.9. The molecule has 0 aliphatic carbocycles. The van der Waals surface area contributed by atoms with Crippen molar-refractivity contribution >= 4 is 16.7 Å². The quantitative estimate of drug-likeness (QED) is 0.705. The van der Waals surface area contributed by atoms with Crippen LogP contribution < -0.4 is 5.73 Å². The summed E-state index contributed by atoms with van der Waals surface area (Å²) in [7, 11) is 0. The van der Waals surface area contributed by atoms with Gasteiger partial charge in [-0.2, -0.15) is 0 Å². The van der Waals surface area contributed by atoms with E-state index in [2.05, 4.69) is 21.0 Å². The molecule has 2 heterocycles. The molecule has 3 aromatic rings. The molecule has 4 heteroatoms. The second kappa shape index (κ2) is 4.07. The Balaban J connectivity index is 2.26. The summed E-state index contributed by atoms with van der Waals surface area (Å²) in [6, 6.07) is 10.0. The summed E-state index contributed by atoms with van der Waals surface area (Å²) >= 11 is 0. The summed E-state index contributed by atoms with van der Waals surface area (Å²) in [5.74, 6) is 0.486. The predicted molar refractivity (Wildman–Crippen MR) is 71.9 cm³/mol. The number of pyridine rings is 1. The van der Waals surface area contributed by atoms with E-state index in [1.165, 1.54) is 6.33 Å². The molecule has 2 N–H and O–H groups in total. The third-order valence-electron chi connectivity index (χ3n) is 2.95. The highest BCUT2D eigenvalue weighted by Gasteiger charge is 2.09. The van der Waals surface area contributed by atoms with Crippen molar-refractivity contribution in [3.63, 3.8) is 0 Å². The van der Waals surface area contributed by atoms with Crippen LogP contribution in [0.4, 0.5) is 5.82 Å². The van der Waals surface area contributed by atoms with Crippen LogP contribution in [-0.2, 0) is 0 Å². The molecular formula is C14H12N4.